The van der Waals surface area contributed by atoms with Crippen LogP contribution in [0.2, 0.25) is 0 Å². The summed E-state index contributed by atoms with van der Waals surface area (Å²) < 4.78 is 0. The van der Waals surface area contributed by atoms with E-state index in [1.807, 2.05) is 41.8 Å². The van der Waals surface area contributed by atoms with Crippen molar-refractivity contribution in [3.05, 3.63) is 57.8 Å². The molecule has 1 aromatic heterocycles. The molecular weight excluding hydrogens is 268 g/mol. The van der Waals surface area contributed by atoms with Gasteiger partial charge in [-0.05, 0) is 34.4 Å². The molecule has 2 nitrogen and oxygen atoms in total. The van der Waals surface area contributed by atoms with Gasteiger partial charge >= 0.3 is 5.97 Å². The van der Waals surface area contributed by atoms with Crippen LogP contribution >= 0.6 is 11.3 Å². The highest BCUT2D eigenvalue weighted by atomic mass is 32.1. The highest BCUT2D eigenvalue weighted by Crippen LogP contribution is 2.27. The zero-order chi connectivity index (χ0) is 14.8. The summed E-state index contributed by atoms with van der Waals surface area (Å²) in [5, 5.41) is 11.4. The number of carboxylic acid groups (broad SMARTS) is 1. The Bertz CT molecular complexity index is 562. The van der Waals surface area contributed by atoms with E-state index in [9.17, 15) is 9.90 Å². The Morgan fingerprint density at radius 2 is 1.85 bits per heavy atom. The van der Waals surface area contributed by atoms with Crippen LogP contribution in [0.25, 0.3) is 0 Å². The third-order valence-corrected chi connectivity index (χ3v) is 4.36. The van der Waals surface area contributed by atoms with E-state index in [4.69, 9.17) is 0 Å². The van der Waals surface area contributed by atoms with Crippen LogP contribution in [0.15, 0.2) is 41.8 Å². The summed E-state index contributed by atoms with van der Waals surface area (Å²) in [4.78, 5) is 12.6. The zero-order valence-corrected chi connectivity index (χ0v) is 12.9. The molecular formula is C17H20O2S. The van der Waals surface area contributed by atoms with Crippen molar-refractivity contribution in [3.8, 4) is 0 Å². The molecule has 0 aliphatic carbocycles. The molecule has 0 spiro atoms. The van der Waals surface area contributed by atoms with Crippen molar-refractivity contribution in [3.63, 3.8) is 0 Å². The third-order valence-electron chi connectivity index (χ3n) is 3.46. The Morgan fingerprint density at radius 1 is 1.20 bits per heavy atom. The second-order valence-corrected chi connectivity index (χ2v) is 7.08. The lowest BCUT2D eigenvalue weighted by Crippen LogP contribution is -2.15. The van der Waals surface area contributed by atoms with Gasteiger partial charge < -0.3 is 5.11 Å². The standard InChI is InChI=1S/C17H20O2S/c1-17(2,3)13-8-6-12(7-9-13)15(16(18)19)11-14-5-4-10-20-14/h4-10,15H,11H2,1-3H3,(H,18,19). The van der Waals surface area contributed by atoms with E-state index in [2.05, 4.69) is 20.8 Å². The summed E-state index contributed by atoms with van der Waals surface area (Å²) in [6, 6.07) is 11.9. The minimum absolute atomic E-state index is 0.0883. The van der Waals surface area contributed by atoms with Crippen molar-refractivity contribution in [2.45, 2.75) is 38.5 Å². The van der Waals surface area contributed by atoms with Gasteiger partial charge in [0.15, 0.2) is 0 Å². The number of carboxylic acids is 1. The molecule has 1 unspecified atom stereocenters. The molecule has 1 atom stereocenters. The summed E-state index contributed by atoms with van der Waals surface area (Å²) in [6.07, 6.45) is 0.557. The molecule has 1 heterocycles. The number of thiophene rings is 1. The Hall–Kier alpha value is -1.61. The Kier molecular flexibility index (Phi) is 4.29. The highest BCUT2D eigenvalue weighted by Gasteiger charge is 2.21. The van der Waals surface area contributed by atoms with Crippen LogP contribution in [0, 0.1) is 0 Å². The number of benzene rings is 1. The maximum Gasteiger partial charge on any atom is 0.311 e. The molecule has 3 heteroatoms. The molecule has 20 heavy (non-hydrogen) atoms. The van der Waals surface area contributed by atoms with Gasteiger partial charge in [-0.2, -0.15) is 0 Å². The van der Waals surface area contributed by atoms with Crippen LogP contribution in [0.5, 0.6) is 0 Å². The fourth-order valence-electron chi connectivity index (χ4n) is 2.19. The first-order valence-electron chi connectivity index (χ1n) is 6.73. The normalized spacial score (nSPS) is 13.2. The SMILES string of the molecule is CC(C)(C)c1ccc(C(Cc2cccs2)C(=O)O)cc1. The predicted molar refractivity (Wildman–Crippen MR) is 83.5 cm³/mol. The Morgan fingerprint density at radius 3 is 2.30 bits per heavy atom. The number of carbonyl (C=O) groups is 1. The summed E-state index contributed by atoms with van der Waals surface area (Å²) in [7, 11) is 0. The van der Waals surface area contributed by atoms with Crippen molar-refractivity contribution in [2.75, 3.05) is 0 Å². The maximum absolute atomic E-state index is 11.5. The molecule has 2 aromatic rings. The lowest BCUT2D eigenvalue weighted by atomic mass is 9.85. The average Bonchev–Trinajstić information content (AvgIpc) is 2.87. The van der Waals surface area contributed by atoms with E-state index < -0.39 is 11.9 Å². The molecule has 1 aromatic carbocycles. The number of hydrogen-bond donors (Lipinski definition) is 1. The van der Waals surface area contributed by atoms with Gasteiger partial charge in [-0.1, -0.05) is 51.1 Å². The Balaban J connectivity index is 2.24. The molecule has 0 aliphatic rings. The van der Waals surface area contributed by atoms with Gasteiger partial charge in [0.25, 0.3) is 0 Å². The maximum atomic E-state index is 11.5. The molecule has 1 N–H and O–H groups in total. The Labute approximate surface area is 124 Å². The summed E-state index contributed by atoms with van der Waals surface area (Å²) in [5.41, 5.74) is 2.19. The van der Waals surface area contributed by atoms with Gasteiger partial charge in [0, 0.05) is 4.88 Å². The van der Waals surface area contributed by atoms with Crippen molar-refractivity contribution >= 4 is 17.3 Å². The quantitative estimate of drug-likeness (QED) is 0.902. The number of hydrogen-bond acceptors (Lipinski definition) is 2. The van der Waals surface area contributed by atoms with Gasteiger partial charge in [0.2, 0.25) is 0 Å². The molecule has 0 fully saturated rings. The van der Waals surface area contributed by atoms with Crippen molar-refractivity contribution in [1.82, 2.24) is 0 Å². The number of aliphatic carboxylic acids is 1. The van der Waals surface area contributed by atoms with Gasteiger partial charge in [0.05, 0.1) is 5.92 Å². The first kappa shape index (κ1) is 14.8. The van der Waals surface area contributed by atoms with Crippen LogP contribution < -0.4 is 0 Å². The minimum atomic E-state index is -0.762. The second-order valence-electron chi connectivity index (χ2n) is 6.05. The van der Waals surface area contributed by atoms with Crippen molar-refractivity contribution in [1.29, 1.82) is 0 Å². The van der Waals surface area contributed by atoms with E-state index in [-0.39, 0.29) is 5.41 Å². The van der Waals surface area contributed by atoms with Gasteiger partial charge in [-0.25, -0.2) is 0 Å². The molecule has 0 saturated carbocycles. The third kappa shape index (κ3) is 3.48. The summed E-state index contributed by atoms with van der Waals surface area (Å²) in [6.45, 7) is 6.47. The first-order valence-corrected chi connectivity index (χ1v) is 7.61. The first-order chi connectivity index (χ1) is 9.38. The van der Waals surface area contributed by atoms with Gasteiger partial charge in [-0.15, -0.1) is 11.3 Å². The van der Waals surface area contributed by atoms with Crippen LogP contribution in [-0.2, 0) is 16.6 Å². The van der Waals surface area contributed by atoms with Crippen LogP contribution in [0.1, 0.15) is 42.7 Å². The lowest BCUT2D eigenvalue weighted by molar-refractivity contribution is -0.138. The monoisotopic (exact) mass is 288 g/mol. The molecule has 0 amide bonds. The van der Waals surface area contributed by atoms with Crippen LogP contribution in [0.4, 0.5) is 0 Å². The van der Waals surface area contributed by atoms with Gasteiger partial charge in [-0.3, -0.25) is 4.79 Å². The minimum Gasteiger partial charge on any atom is -0.481 e. The van der Waals surface area contributed by atoms with Crippen molar-refractivity contribution in [2.24, 2.45) is 0 Å². The molecule has 0 saturated heterocycles. The molecule has 2 rings (SSSR count). The predicted octanol–water partition coefficient (Wildman–Crippen LogP) is 4.46. The van der Waals surface area contributed by atoms with Crippen LogP contribution in [-0.4, -0.2) is 11.1 Å². The van der Waals surface area contributed by atoms with E-state index in [1.165, 1.54) is 5.56 Å². The van der Waals surface area contributed by atoms with Gasteiger partial charge in [0.1, 0.15) is 0 Å². The summed E-state index contributed by atoms with van der Waals surface area (Å²) >= 11 is 1.61. The van der Waals surface area contributed by atoms with E-state index in [0.717, 1.165) is 10.4 Å². The molecule has 0 radical (unpaired) electrons. The van der Waals surface area contributed by atoms with Crippen molar-refractivity contribution < 1.29 is 9.90 Å². The second kappa shape index (κ2) is 5.80. The highest BCUT2D eigenvalue weighted by molar-refractivity contribution is 7.09. The smallest absolute Gasteiger partial charge is 0.311 e. The van der Waals surface area contributed by atoms with E-state index >= 15 is 0 Å². The fraction of sp³-hybridized carbons (Fsp3) is 0.353. The summed E-state index contributed by atoms with van der Waals surface area (Å²) in [5.74, 6) is -1.23. The fourth-order valence-corrected chi connectivity index (χ4v) is 2.95. The number of rotatable bonds is 4. The topological polar surface area (TPSA) is 37.3 Å². The largest absolute Gasteiger partial charge is 0.481 e. The zero-order valence-electron chi connectivity index (χ0n) is 12.1. The molecule has 0 aliphatic heterocycles. The molecule has 106 valence electrons. The van der Waals surface area contributed by atoms with E-state index in [0.29, 0.717) is 6.42 Å². The van der Waals surface area contributed by atoms with E-state index in [1.54, 1.807) is 11.3 Å². The molecule has 0 bridgehead atoms. The van der Waals surface area contributed by atoms with Crippen LogP contribution in [0.3, 0.4) is 0 Å². The average molecular weight is 288 g/mol. The lowest BCUT2D eigenvalue weighted by Gasteiger charge is -2.20.